The number of hydrogen-bond acceptors (Lipinski definition) is 1. The first-order valence-corrected chi connectivity index (χ1v) is 17.4. The van der Waals surface area contributed by atoms with E-state index in [2.05, 4.69) is 185 Å². The van der Waals surface area contributed by atoms with Crippen molar-refractivity contribution < 1.29 is 4.42 Å². The van der Waals surface area contributed by atoms with Gasteiger partial charge in [-0.15, -0.1) is 0 Å². The third-order valence-corrected chi connectivity index (χ3v) is 10.5. The highest BCUT2D eigenvalue weighted by atomic mass is 16.3. The Balaban J connectivity index is 1.21. The van der Waals surface area contributed by atoms with Gasteiger partial charge in [-0.25, -0.2) is 0 Å². The molecule has 0 saturated heterocycles. The topological polar surface area (TPSA) is 23.0 Å². The van der Waals surface area contributed by atoms with Crippen molar-refractivity contribution >= 4 is 65.6 Å². The highest BCUT2D eigenvalue weighted by molar-refractivity contribution is 6.26. The molecule has 0 aliphatic heterocycles. The Kier molecular flexibility index (Phi) is 5.96. The van der Waals surface area contributed by atoms with Gasteiger partial charge in [-0.1, -0.05) is 133 Å². The van der Waals surface area contributed by atoms with Crippen LogP contribution in [0.1, 0.15) is 0 Å². The first-order valence-electron chi connectivity index (χ1n) is 17.4. The standard InChI is InChI=1S/C48H30N2O/c1-2-13-31(14-3-1)32-15-10-16-33(29-32)34-17-11-18-35(30-34)49-41-23-7-4-19-36(41)38-27-28-43-46(47(38)49)40-21-5-8-24-42(40)50(43)44-25-12-22-39-37-20-6-9-26-45(37)51-48(39)44/h1-30H. The predicted molar refractivity (Wildman–Crippen MR) is 213 cm³/mol. The molecule has 238 valence electrons. The van der Waals surface area contributed by atoms with Gasteiger partial charge < -0.3 is 13.6 Å². The van der Waals surface area contributed by atoms with Crippen LogP contribution in [0.5, 0.6) is 0 Å². The molecule has 0 atom stereocenters. The monoisotopic (exact) mass is 650 g/mol. The molecule has 0 bridgehead atoms. The largest absolute Gasteiger partial charge is 0.454 e. The second-order valence-electron chi connectivity index (χ2n) is 13.3. The van der Waals surface area contributed by atoms with E-state index in [0.717, 1.165) is 44.3 Å². The maximum atomic E-state index is 6.60. The number of furan rings is 1. The minimum absolute atomic E-state index is 0.896. The molecule has 51 heavy (non-hydrogen) atoms. The van der Waals surface area contributed by atoms with E-state index in [1.165, 1.54) is 54.8 Å². The minimum atomic E-state index is 0.896. The molecule has 3 nitrogen and oxygen atoms in total. The fourth-order valence-corrected chi connectivity index (χ4v) is 8.28. The summed E-state index contributed by atoms with van der Waals surface area (Å²) < 4.78 is 11.5. The first-order chi connectivity index (χ1) is 25.3. The van der Waals surface area contributed by atoms with Crippen LogP contribution in [0.25, 0.3) is 99.2 Å². The van der Waals surface area contributed by atoms with Crippen LogP contribution < -0.4 is 0 Å². The lowest BCUT2D eigenvalue weighted by Gasteiger charge is -2.12. The Hall–Kier alpha value is -6.84. The van der Waals surface area contributed by atoms with E-state index in [9.17, 15) is 0 Å². The van der Waals surface area contributed by atoms with Crippen molar-refractivity contribution in [3.05, 3.63) is 182 Å². The quantitative estimate of drug-likeness (QED) is 0.186. The molecule has 3 heteroatoms. The average molecular weight is 651 g/mol. The lowest BCUT2D eigenvalue weighted by Crippen LogP contribution is -1.96. The number of aromatic nitrogens is 2. The Morgan fingerprint density at radius 3 is 1.80 bits per heavy atom. The van der Waals surface area contributed by atoms with Crippen molar-refractivity contribution in [3.8, 4) is 33.6 Å². The Morgan fingerprint density at radius 2 is 0.961 bits per heavy atom. The molecule has 0 N–H and O–H groups in total. The number of para-hydroxylation sites is 4. The second kappa shape index (κ2) is 10.8. The zero-order chi connectivity index (χ0) is 33.5. The molecule has 0 aliphatic carbocycles. The summed E-state index contributed by atoms with van der Waals surface area (Å²) in [5.41, 5.74) is 13.5. The highest BCUT2D eigenvalue weighted by Gasteiger charge is 2.22. The minimum Gasteiger partial charge on any atom is -0.454 e. The second-order valence-corrected chi connectivity index (χ2v) is 13.3. The average Bonchev–Trinajstić information content (AvgIpc) is 3.86. The normalized spacial score (nSPS) is 11.9. The lowest BCUT2D eigenvalue weighted by molar-refractivity contribution is 0.666. The molecular weight excluding hydrogens is 621 g/mol. The molecule has 0 spiro atoms. The van der Waals surface area contributed by atoms with Crippen LogP contribution in [0.2, 0.25) is 0 Å². The summed E-state index contributed by atoms with van der Waals surface area (Å²) in [6, 6.07) is 65.4. The molecule has 0 fully saturated rings. The van der Waals surface area contributed by atoms with Crippen LogP contribution >= 0.6 is 0 Å². The van der Waals surface area contributed by atoms with Gasteiger partial charge in [-0.2, -0.15) is 0 Å². The third kappa shape index (κ3) is 4.12. The van der Waals surface area contributed by atoms with E-state index in [1.54, 1.807) is 0 Å². The van der Waals surface area contributed by atoms with Crippen LogP contribution in [0.15, 0.2) is 186 Å². The van der Waals surface area contributed by atoms with Crippen molar-refractivity contribution in [1.29, 1.82) is 0 Å². The number of hydrogen-bond donors (Lipinski definition) is 0. The summed E-state index contributed by atoms with van der Waals surface area (Å²) in [5, 5.41) is 7.16. The van der Waals surface area contributed by atoms with Crippen molar-refractivity contribution in [2.75, 3.05) is 0 Å². The van der Waals surface area contributed by atoms with E-state index >= 15 is 0 Å². The molecule has 11 rings (SSSR count). The van der Waals surface area contributed by atoms with Gasteiger partial charge in [0.25, 0.3) is 0 Å². The molecule has 3 heterocycles. The summed E-state index contributed by atoms with van der Waals surface area (Å²) >= 11 is 0. The number of fused-ring (bicyclic) bond motifs is 10. The number of benzene rings is 8. The zero-order valence-corrected chi connectivity index (χ0v) is 27.6. The van der Waals surface area contributed by atoms with Gasteiger partial charge >= 0.3 is 0 Å². The predicted octanol–water partition coefficient (Wildman–Crippen LogP) is 13.1. The van der Waals surface area contributed by atoms with Crippen LogP contribution in [-0.2, 0) is 0 Å². The van der Waals surface area contributed by atoms with Crippen LogP contribution in [-0.4, -0.2) is 9.13 Å². The summed E-state index contributed by atoms with van der Waals surface area (Å²) in [6.07, 6.45) is 0. The van der Waals surface area contributed by atoms with Crippen LogP contribution in [0.3, 0.4) is 0 Å². The fraction of sp³-hybridized carbons (Fsp3) is 0. The van der Waals surface area contributed by atoms with Gasteiger partial charge in [0, 0.05) is 38.0 Å². The van der Waals surface area contributed by atoms with Crippen LogP contribution in [0, 0.1) is 0 Å². The van der Waals surface area contributed by atoms with Crippen molar-refractivity contribution in [1.82, 2.24) is 9.13 Å². The molecule has 8 aromatic carbocycles. The van der Waals surface area contributed by atoms with E-state index in [1.807, 2.05) is 6.07 Å². The molecular formula is C48H30N2O. The van der Waals surface area contributed by atoms with Gasteiger partial charge in [-0.3, -0.25) is 0 Å². The maximum Gasteiger partial charge on any atom is 0.159 e. The lowest BCUT2D eigenvalue weighted by atomic mass is 9.99. The fourth-order valence-electron chi connectivity index (χ4n) is 8.28. The van der Waals surface area contributed by atoms with Crippen molar-refractivity contribution in [2.45, 2.75) is 0 Å². The molecule has 0 amide bonds. The molecule has 0 aliphatic rings. The number of rotatable bonds is 4. The van der Waals surface area contributed by atoms with Crippen molar-refractivity contribution in [2.24, 2.45) is 0 Å². The highest BCUT2D eigenvalue weighted by Crippen LogP contribution is 2.44. The van der Waals surface area contributed by atoms with Crippen LogP contribution in [0.4, 0.5) is 0 Å². The Bertz CT molecular complexity index is 3140. The summed E-state index contributed by atoms with van der Waals surface area (Å²) in [6.45, 7) is 0. The Labute approximate surface area is 293 Å². The molecule has 0 saturated carbocycles. The summed E-state index contributed by atoms with van der Waals surface area (Å²) in [7, 11) is 0. The van der Waals surface area contributed by atoms with E-state index in [0.29, 0.717) is 0 Å². The van der Waals surface area contributed by atoms with Gasteiger partial charge in [0.2, 0.25) is 0 Å². The van der Waals surface area contributed by atoms with E-state index in [-0.39, 0.29) is 0 Å². The molecule has 0 unspecified atom stereocenters. The smallest absolute Gasteiger partial charge is 0.159 e. The SMILES string of the molecule is c1ccc(-c2cccc(-c3cccc(-n4c5ccccc5c5ccc6c(c7ccccc7n6-c6cccc7c6oc6ccccc67)c54)c3)c2)cc1. The maximum absolute atomic E-state index is 6.60. The first kappa shape index (κ1) is 28.0. The molecule has 0 radical (unpaired) electrons. The van der Waals surface area contributed by atoms with E-state index in [4.69, 9.17) is 4.42 Å². The molecule has 3 aromatic heterocycles. The van der Waals surface area contributed by atoms with Gasteiger partial charge in [0.05, 0.1) is 27.8 Å². The summed E-state index contributed by atoms with van der Waals surface area (Å²) in [4.78, 5) is 0. The summed E-state index contributed by atoms with van der Waals surface area (Å²) in [5.74, 6) is 0. The Morgan fingerprint density at radius 1 is 0.353 bits per heavy atom. The van der Waals surface area contributed by atoms with E-state index < -0.39 is 0 Å². The van der Waals surface area contributed by atoms with Gasteiger partial charge in [0.15, 0.2) is 5.58 Å². The third-order valence-electron chi connectivity index (χ3n) is 10.5. The van der Waals surface area contributed by atoms with Crippen molar-refractivity contribution in [3.63, 3.8) is 0 Å². The van der Waals surface area contributed by atoms with Gasteiger partial charge in [0.1, 0.15) is 5.58 Å². The molecule has 11 aromatic rings. The number of nitrogens with zero attached hydrogens (tertiary/aromatic N) is 2. The zero-order valence-electron chi connectivity index (χ0n) is 27.6. The van der Waals surface area contributed by atoms with Gasteiger partial charge in [-0.05, 0) is 70.8 Å².